The van der Waals surface area contributed by atoms with Gasteiger partial charge >= 0.3 is 11.9 Å². The quantitative estimate of drug-likeness (QED) is 0.0625. The monoisotopic (exact) mass is 804 g/mol. The summed E-state index contributed by atoms with van der Waals surface area (Å²) >= 11 is 0. The molecule has 3 aliphatic rings. The van der Waals surface area contributed by atoms with E-state index in [-0.39, 0.29) is 50.5 Å². The van der Waals surface area contributed by atoms with Crippen molar-refractivity contribution in [2.75, 3.05) is 10.3 Å². The number of hydrogen-bond donors (Lipinski definition) is 6. The Bertz CT molecular complexity index is 2650. The van der Waals surface area contributed by atoms with Crippen molar-refractivity contribution in [2.24, 2.45) is 20.4 Å². The minimum absolute atomic E-state index is 0.105. The van der Waals surface area contributed by atoms with Gasteiger partial charge in [-0.15, -0.1) is 20.5 Å². The van der Waals surface area contributed by atoms with Gasteiger partial charge in [0, 0.05) is 0 Å². The Morgan fingerprint density at radius 2 is 0.929 bits per heavy atom. The number of hydrazone groups is 2. The molecule has 3 aliphatic carbocycles. The second-order valence-electron chi connectivity index (χ2n) is 11.2. The molecule has 0 aliphatic heterocycles. The van der Waals surface area contributed by atoms with E-state index in [1.165, 1.54) is 36.4 Å². The number of anilines is 2. The number of carbonyl (C=O) groups excluding carboxylic acids is 2. The lowest BCUT2D eigenvalue weighted by Crippen LogP contribution is -2.18. The van der Waals surface area contributed by atoms with Crippen LogP contribution in [0.25, 0.3) is 12.2 Å². The fourth-order valence-corrected chi connectivity index (χ4v) is 6.13. The van der Waals surface area contributed by atoms with E-state index in [1.807, 2.05) is 0 Å². The van der Waals surface area contributed by atoms with Gasteiger partial charge in [-0.3, -0.25) is 29.1 Å². The molecule has 2 aromatic carbocycles. The summed E-state index contributed by atoms with van der Waals surface area (Å²) in [6, 6.07) is 6.21. The summed E-state index contributed by atoms with van der Waals surface area (Å²) < 4.78 is 69.1. The Balaban J connectivity index is 1.37. The highest BCUT2D eigenvalue weighted by Gasteiger charge is 2.22. The molecule has 0 spiro atoms. The highest BCUT2D eigenvalue weighted by Crippen LogP contribution is 2.28. The largest absolute Gasteiger partial charge is 0.478 e. The molecule has 2 aromatic rings. The zero-order valence-electron chi connectivity index (χ0n) is 27.8. The third-order valence-corrected chi connectivity index (χ3v) is 9.21. The average Bonchev–Trinajstić information content (AvgIpc) is 3.13. The Kier molecular flexibility index (Phi) is 11.5. The molecule has 20 nitrogen and oxygen atoms in total. The SMILES string of the molecule is O=C(O)C1=CC(=NN=C2C=CC(=NN(O)c3ccc(C=Cc4ccc(N(O)N=C5C=CC(=O)C(C(=O)O)=C5)cc4S(=O)(=O)O)c(S(=O)(=O)O)c3)C=C2)C=CC1=O. The van der Waals surface area contributed by atoms with E-state index in [0.717, 1.165) is 72.9 Å². The average molecular weight is 805 g/mol. The molecule has 0 saturated heterocycles. The van der Waals surface area contributed by atoms with Crippen LogP contribution in [0.5, 0.6) is 0 Å². The predicted molar refractivity (Wildman–Crippen MR) is 198 cm³/mol. The Labute approximate surface area is 315 Å². The first-order chi connectivity index (χ1) is 26.3. The van der Waals surface area contributed by atoms with E-state index in [1.54, 1.807) is 0 Å². The molecule has 5 rings (SSSR count). The Hall–Kier alpha value is -7.08. The minimum Gasteiger partial charge on any atom is -0.478 e. The molecule has 0 amide bonds. The van der Waals surface area contributed by atoms with Crippen LogP contribution in [0.15, 0.2) is 139 Å². The zero-order valence-corrected chi connectivity index (χ0v) is 29.5. The predicted octanol–water partition coefficient (Wildman–Crippen LogP) is 2.68. The lowest BCUT2D eigenvalue weighted by molar-refractivity contribution is -0.135. The molecule has 6 N–H and O–H groups in total. The van der Waals surface area contributed by atoms with Gasteiger partial charge in [0.1, 0.15) is 20.9 Å². The topological polar surface area (TPSA) is 314 Å². The molecule has 0 atom stereocenters. The summed E-state index contributed by atoms with van der Waals surface area (Å²) in [4.78, 5) is 44.2. The summed E-state index contributed by atoms with van der Waals surface area (Å²) in [6.07, 6.45) is 14.0. The maximum absolute atomic E-state index is 12.3. The molecule has 56 heavy (non-hydrogen) atoms. The van der Waals surface area contributed by atoms with Crippen molar-refractivity contribution in [1.82, 2.24) is 0 Å². The van der Waals surface area contributed by atoms with Gasteiger partial charge in [-0.2, -0.15) is 27.0 Å². The summed E-state index contributed by atoms with van der Waals surface area (Å²) in [6.45, 7) is 0. The van der Waals surface area contributed by atoms with E-state index in [9.17, 15) is 55.5 Å². The standard InChI is InChI=1S/C34H24N6O14S2/c41-29-13-9-23(15-27(29)33(43)44)36-35-21-5-7-22(8-6-21)37-39(47)25-11-3-19(31(17-25)55(49,50)51)1-2-20-4-12-26(18-32(20)56(52,53)54)40(48)38-24-10-14-30(42)28(16-24)34(45)46/h1-18,47-48H,(H,43,44)(H,45,46)(H,49,50,51)(H,52,53,54). The molecule has 286 valence electrons. The first kappa shape index (κ1) is 40.1. The summed E-state index contributed by atoms with van der Waals surface area (Å²) in [5.74, 6) is -4.48. The van der Waals surface area contributed by atoms with Gasteiger partial charge in [0.15, 0.2) is 11.6 Å². The molecule has 0 saturated carbocycles. The number of ketones is 2. The van der Waals surface area contributed by atoms with Gasteiger partial charge in [-0.25, -0.2) is 9.59 Å². The van der Waals surface area contributed by atoms with Gasteiger partial charge in [0.25, 0.3) is 20.2 Å². The van der Waals surface area contributed by atoms with Crippen molar-refractivity contribution >= 4 is 90.1 Å². The van der Waals surface area contributed by atoms with Crippen molar-refractivity contribution in [2.45, 2.75) is 9.79 Å². The van der Waals surface area contributed by atoms with Gasteiger partial charge in [-0.1, -0.05) is 24.3 Å². The fraction of sp³-hybridized carbons (Fsp3) is 0. The Morgan fingerprint density at radius 1 is 0.554 bits per heavy atom. The first-order valence-electron chi connectivity index (χ1n) is 15.2. The number of carboxylic acids is 2. The Morgan fingerprint density at radius 3 is 1.38 bits per heavy atom. The van der Waals surface area contributed by atoms with Crippen molar-refractivity contribution in [3.8, 4) is 0 Å². The third-order valence-electron chi connectivity index (χ3n) is 7.39. The number of hydrogen-bond acceptors (Lipinski definition) is 16. The van der Waals surface area contributed by atoms with Crippen LogP contribution in [-0.4, -0.2) is 92.9 Å². The van der Waals surface area contributed by atoms with Crippen LogP contribution in [0, 0.1) is 0 Å². The molecule has 0 fully saturated rings. The summed E-state index contributed by atoms with van der Waals surface area (Å²) in [5, 5.41) is 55.2. The van der Waals surface area contributed by atoms with Crippen LogP contribution in [0.4, 0.5) is 11.4 Å². The van der Waals surface area contributed by atoms with Gasteiger partial charge in [-0.05, 0) is 96.2 Å². The van der Waals surface area contributed by atoms with Crippen molar-refractivity contribution in [3.63, 3.8) is 0 Å². The summed E-state index contributed by atoms with van der Waals surface area (Å²) in [7, 11) is -10.0. The van der Waals surface area contributed by atoms with Gasteiger partial charge in [0.05, 0.1) is 34.2 Å². The number of aliphatic carboxylic acids is 2. The number of rotatable bonds is 11. The number of nitrogens with zero attached hydrogens (tertiary/aromatic N) is 6. The molecule has 0 heterocycles. The van der Waals surface area contributed by atoms with E-state index in [0.29, 0.717) is 5.17 Å². The van der Waals surface area contributed by atoms with Gasteiger partial charge < -0.3 is 10.2 Å². The second-order valence-corrected chi connectivity index (χ2v) is 14.0. The van der Waals surface area contributed by atoms with Crippen molar-refractivity contribution in [1.29, 1.82) is 0 Å². The molecule has 0 unspecified atom stereocenters. The number of carboxylic acid groups (broad SMARTS) is 2. The zero-order chi connectivity index (χ0) is 40.9. The molecule has 0 bridgehead atoms. The van der Waals surface area contributed by atoms with Crippen LogP contribution in [0.3, 0.4) is 0 Å². The normalized spacial score (nSPS) is 17.1. The van der Waals surface area contributed by atoms with Crippen LogP contribution in [0.1, 0.15) is 11.1 Å². The number of benzene rings is 2. The summed E-state index contributed by atoms with van der Waals surface area (Å²) in [5.41, 5.74) is -1.82. The highest BCUT2D eigenvalue weighted by molar-refractivity contribution is 7.86. The van der Waals surface area contributed by atoms with Crippen LogP contribution < -0.4 is 10.3 Å². The number of allylic oxidation sites excluding steroid dienone is 10. The second kappa shape index (κ2) is 16.1. The van der Waals surface area contributed by atoms with Crippen LogP contribution in [-0.2, 0) is 39.4 Å². The van der Waals surface area contributed by atoms with Crippen molar-refractivity contribution in [3.05, 3.63) is 119 Å². The van der Waals surface area contributed by atoms with Gasteiger partial charge in [0.2, 0.25) is 0 Å². The van der Waals surface area contributed by atoms with E-state index in [2.05, 4.69) is 20.4 Å². The third kappa shape index (κ3) is 9.71. The van der Waals surface area contributed by atoms with E-state index < -0.39 is 64.7 Å². The molecule has 0 aromatic heterocycles. The number of carbonyl (C=O) groups is 4. The van der Waals surface area contributed by atoms with Crippen molar-refractivity contribution < 1.29 is 65.7 Å². The molecular weight excluding hydrogens is 781 g/mol. The lowest BCUT2D eigenvalue weighted by atomic mass is 10.0. The van der Waals surface area contributed by atoms with Crippen LogP contribution in [0.2, 0.25) is 0 Å². The molecule has 0 radical (unpaired) electrons. The van der Waals surface area contributed by atoms with E-state index >= 15 is 0 Å². The van der Waals surface area contributed by atoms with E-state index in [4.69, 9.17) is 10.2 Å². The minimum atomic E-state index is -5.01. The fourth-order valence-electron chi connectivity index (χ4n) is 4.73. The first-order valence-corrected chi connectivity index (χ1v) is 18.1. The van der Waals surface area contributed by atoms with Crippen LogP contribution >= 0.6 is 0 Å². The maximum Gasteiger partial charge on any atom is 0.339 e. The molecular formula is C34H24N6O14S2. The highest BCUT2D eigenvalue weighted by atomic mass is 32.2. The molecule has 22 heteroatoms. The smallest absolute Gasteiger partial charge is 0.339 e. The maximum atomic E-state index is 12.3. The lowest BCUT2D eigenvalue weighted by Gasteiger charge is -2.15.